The maximum atomic E-state index is 11.3. The van der Waals surface area contributed by atoms with E-state index in [1.165, 1.54) is 11.1 Å². The van der Waals surface area contributed by atoms with Crippen LogP contribution in [0.5, 0.6) is 0 Å². The van der Waals surface area contributed by atoms with E-state index in [0.717, 1.165) is 25.1 Å². The Morgan fingerprint density at radius 3 is 2.50 bits per heavy atom. The first kappa shape index (κ1) is 16.1. The SMILES string of the molecule is CCOC(=O)CCCCNc1ccccc1-c1ccccc1. The van der Waals surface area contributed by atoms with Crippen LogP contribution in [-0.4, -0.2) is 19.1 Å². The number of hydrogen-bond donors (Lipinski definition) is 1. The van der Waals surface area contributed by atoms with Gasteiger partial charge in [-0.05, 0) is 31.4 Å². The zero-order valence-corrected chi connectivity index (χ0v) is 13.0. The molecule has 0 amide bonds. The van der Waals surface area contributed by atoms with E-state index in [1.54, 1.807) is 0 Å². The number of rotatable bonds is 8. The molecule has 116 valence electrons. The highest BCUT2D eigenvalue weighted by atomic mass is 16.5. The van der Waals surface area contributed by atoms with Crippen LogP contribution in [-0.2, 0) is 9.53 Å². The first-order valence-corrected chi connectivity index (χ1v) is 7.85. The fourth-order valence-electron chi connectivity index (χ4n) is 2.36. The molecule has 0 spiro atoms. The average molecular weight is 297 g/mol. The van der Waals surface area contributed by atoms with Crippen molar-refractivity contribution in [1.82, 2.24) is 0 Å². The lowest BCUT2D eigenvalue weighted by Gasteiger charge is -2.12. The van der Waals surface area contributed by atoms with Crippen molar-refractivity contribution in [3.63, 3.8) is 0 Å². The van der Waals surface area contributed by atoms with Gasteiger partial charge >= 0.3 is 5.97 Å². The van der Waals surface area contributed by atoms with Gasteiger partial charge in [0.05, 0.1) is 6.61 Å². The second-order valence-corrected chi connectivity index (χ2v) is 5.10. The standard InChI is InChI=1S/C19H23NO2/c1-2-22-19(21)14-8-9-15-20-18-13-7-6-12-17(18)16-10-4-3-5-11-16/h3-7,10-13,20H,2,8-9,14-15H2,1H3. The second kappa shape index (κ2) is 8.88. The summed E-state index contributed by atoms with van der Waals surface area (Å²) in [7, 11) is 0. The molecule has 0 heterocycles. The number of benzene rings is 2. The zero-order valence-electron chi connectivity index (χ0n) is 13.0. The lowest BCUT2D eigenvalue weighted by molar-refractivity contribution is -0.143. The van der Waals surface area contributed by atoms with Gasteiger partial charge in [-0.25, -0.2) is 0 Å². The van der Waals surface area contributed by atoms with E-state index in [-0.39, 0.29) is 5.97 Å². The summed E-state index contributed by atoms with van der Waals surface area (Å²) in [5, 5.41) is 3.47. The number of unbranched alkanes of at least 4 members (excludes halogenated alkanes) is 1. The maximum Gasteiger partial charge on any atom is 0.305 e. The highest BCUT2D eigenvalue weighted by Crippen LogP contribution is 2.27. The zero-order chi connectivity index (χ0) is 15.6. The van der Waals surface area contributed by atoms with E-state index in [0.29, 0.717) is 13.0 Å². The lowest BCUT2D eigenvalue weighted by atomic mass is 10.0. The maximum absolute atomic E-state index is 11.3. The van der Waals surface area contributed by atoms with Crippen LogP contribution < -0.4 is 5.32 Å². The summed E-state index contributed by atoms with van der Waals surface area (Å²) in [5.74, 6) is -0.104. The van der Waals surface area contributed by atoms with E-state index in [2.05, 4.69) is 29.6 Å². The summed E-state index contributed by atoms with van der Waals surface area (Å²) in [6.45, 7) is 3.14. The smallest absolute Gasteiger partial charge is 0.305 e. The molecular weight excluding hydrogens is 274 g/mol. The van der Waals surface area contributed by atoms with Crippen LogP contribution in [0.4, 0.5) is 5.69 Å². The number of esters is 1. The van der Waals surface area contributed by atoms with Gasteiger partial charge in [-0.2, -0.15) is 0 Å². The Morgan fingerprint density at radius 1 is 1.00 bits per heavy atom. The molecule has 0 aromatic heterocycles. The number of ether oxygens (including phenoxy) is 1. The number of carbonyl (C=O) groups excluding carboxylic acids is 1. The molecule has 0 radical (unpaired) electrons. The molecule has 22 heavy (non-hydrogen) atoms. The van der Waals surface area contributed by atoms with E-state index >= 15 is 0 Å². The molecule has 0 unspecified atom stereocenters. The summed E-state index contributed by atoms with van der Waals surface area (Å²) >= 11 is 0. The average Bonchev–Trinajstić information content (AvgIpc) is 2.56. The van der Waals surface area contributed by atoms with E-state index in [1.807, 2.05) is 37.3 Å². The fraction of sp³-hybridized carbons (Fsp3) is 0.316. The minimum absolute atomic E-state index is 0.104. The summed E-state index contributed by atoms with van der Waals surface area (Å²) in [4.78, 5) is 11.3. The molecule has 0 atom stereocenters. The van der Waals surface area contributed by atoms with Crippen LogP contribution in [0.2, 0.25) is 0 Å². The molecule has 0 aliphatic carbocycles. The summed E-state index contributed by atoms with van der Waals surface area (Å²) in [6.07, 6.45) is 2.29. The third-order valence-corrected chi connectivity index (χ3v) is 3.44. The highest BCUT2D eigenvalue weighted by Gasteiger charge is 2.04. The fourth-order valence-corrected chi connectivity index (χ4v) is 2.36. The summed E-state index contributed by atoms with van der Waals surface area (Å²) in [6, 6.07) is 18.6. The molecule has 0 fully saturated rings. The Kier molecular flexibility index (Phi) is 6.49. The minimum atomic E-state index is -0.104. The van der Waals surface area contributed by atoms with Gasteiger partial charge in [-0.1, -0.05) is 48.5 Å². The van der Waals surface area contributed by atoms with Gasteiger partial charge in [0.15, 0.2) is 0 Å². The van der Waals surface area contributed by atoms with Gasteiger partial charge in [-0.3, -0.25) is 4.79 Å². The van der Waals surface area contributed by atoms with Crippen molar-refractivity contribution in [2.75, 3.05) is 18.5 Å². The Hall–Kier alpha value is -2.29. The lowest BCUT2D eigenvalue weighted by Crippen LogP contribution is -2.06. The van der Waals surface area contributed by atoms with Crippen molar-refractivity contribution in [1.29, 1.82) is 0 Å². The minimum Gasteiger partial charge on any atom is -0.466 e. The first-order chi connectivity index (χ1) is 10.8. The topological polar surface area (TPSA) is 38.3 Å². The molecule has 0 saturated heterocycles. The predicted molar refractivity (Wildman–Crippen MR) is 90.9 cm³/mol. The van der Waals surface area contributed by atoms with Crippen LogP contribution in [0.3, 0.4) is 0 Å². The third-order valence-electron chi connectivity index (χ3n) is 3.44. The van der Waals surface area contributed by atoms with E-state index < -0.39 is 0 Å². The van der Waals surface area contributed by atoms with Gasteiger partial charge in [0.2, 0.25) is 0 Å². The Morgan fingerprint density at radius 2 is 1.73 bits per heavy atom. The van der Waals surface area contributed by atoms with Crippen molar-refractivity contribution in [3.8, 4) is 11.1 Å². The van der Waals surface area contributed by atoms with E-state index in [9.17, 15) is 4.79 Å². The molecule has 0 saturated carbocycles. The van der Waals surface area contributed by atoms with Crippen LogP contribution >= 0.6 is 0 Å². The monoisotopic (exact) mass is 297 g/mol. The Balaban J connectivity index is 1.85. The van der Waals surface area contributed by atoms with Gasteiger partial charge in [0.1, 0.15) is 0 Å². The quantitative estimate of drug-likeness (QED) is 0.576. The van der Waals surface area contributed by atoms with Gasteiger partial charge in [-0.15, -0.1) is 0 Å². The summed E-state index contributed by atoms with van der Waals surface area (Å²) in [5.41, 5.74) is 3.54. The number of anilines is 1. The molecule has 3 heteroatoms. The molecule has 3 nitrogen and oxygen atoms in total. The van der Waals surface area contributed by atoms with Gasteiger partial charge in [0, 0.05) is 24.2 Å². The Labute approximate surface area is 132 Å². The van der Waals surface area contributed by atoms with Crippen molar-refractivity contribution < 1.29 is 9.53 Å². The molecular formula is C19H23NO2. The van der Waals surface area contributed by atoms with Gasteiger partial charge in [0.25, 0.3) is 0 Å². The molecule has 2 aromatic rings. The van der Waals surface area contributed by atoms with Crippen molar-refractivity contribution in [3.05, 3.63) is 54.6 Å². The number of para-hydroxylation sites is 1. The first-order valence-electron chi connectivity index (χ1n) is 7.85. The molecule has 2 rings (SSSR count). The number of carbonyl (C=O) groups is 1. The van der Waals surface area contributed by atoms with E-state index in [4.69, 9.17) is 4.74 Å². The van der Waals surface area contributed by atoms with Crippen LogP contribution in [0, 0.1) is 0 Å². The van der Waals surface area contributed by atoms with Crippen LogP contribution in [0.1, 0.15) is 26.2 Å². The van der Waals surface area contributed by atoms with Crippen molar-refractivity contribution >= 4 is 11.7 Å². The molecule has 0 aliphatic heterocycles. The molecule has 0 aliphatic rings. The highest BCUT2D eigenvalue weighted by molar-refractivity contribution is 5.77. The van der Waals surface area contributed by atoms with Crippen molar-refractivity contribution in [2.45, 2.75) is 26.2 Å². The van der Waals surface area contributed by atoms with Crippen LogP contribution in [0.15, 0.2) is 54.6 Å². The summed E-state index contributed by atoms with van der Waals surface area (Å²) < 4.78 is 4.92. The number of nitrogens with one attached hydrogen (secondary N) is 1. The van der Waals surface area contributed by atoms with Gasteiger partial charge < -0.3 is 10.1 Å². The largest absolute Gasteiger partial charge is 0.466 e. The molecule has 0 bridgehead atoms. The second-order valence-electron chi connectivity index (χ2n) is 5.10. The number of hydrogen-bond acceptors (Lipinski definition) is 3. The molecule has 2 aromatic carbocycles. The third kappa shape index (κ3) is 4.92. The Bertz CT molecular complexity index is 581. The van der Waals surface area contributed by atoms with Crippen LogP contribution in [0.25, 0.3) is 11.1 Å². The molecule has 1 N–H and O–H groups in total. The van der Waals surface area contributed by atoms with Crippen molar-refractivity contribution in [2.24, 2.45) is 0 Å². The predicted octanol–water partition coefficient (Wildman–Crippen LogP) is 4.50. The normalized spacial score (nSPS) is 10.2.